The van der Waals surface area contributed by atoms with Crippen LogP contribution < -0.4 is 4.74 Å². The molecule has 5 heteroatoms. The Morgan fingerprint density at radius 3 is 2.61 bits per heavy atom. The smallest absolute Gasteiger partial charge is 0.336 e. The first kappa shape index (κ1) is 12.6. The van der Waals surface area contributed by atoms with E-state index >= 15 is 0 Å². The highest BCUT2D eigenvalue weighted by Crippen LogP contribution is 2.34. The van der Waals surface area contributed by atoms with Crippen molar-refractivity contribution in [2.24, 2.45) is 0 Å². The molecule has 0 radical (unpaired) electrons. The van der Waals surface area contributed by atoms with E-state index in [4.69, 9.17) is 16.3 Å². The summed E-state index contributed by atoms with van der Waals surface area (Å²) in [7, 11) is 1.50. The van der Waals surface area contributed by atoms with Crippen LogP contribution in [0.1, 0.15) is 21.6 Å². The molecule has 0 fully saturated rings. The molecule has 18 heavy (non-hydrogen) atoms. The summed E-state index contributed by atoms with van der Waals surface area (Å²) in [5.41, 5.74) is 2.03. The second-order valence-corrected chi connectivity index (χ2v) is 4.43. The van der Waals surface area contributed by atoms with Crippen LogP contribution in [0.2, 0.25) is 5.02 Å². The molecular weight excluding hydrogens is 254 g/mol. The number of fused-ring (bicyclic) bond motifs is 1. The standard InChI is InChI=1S/C13H12ClNO3/c1-6-4-8(13(16)17)11-7(2)9(14)5-10(18-3)12(11)15-6/h4-5H,1-3H3,(H,16,17). The zero-order valence-electron chi connectivity index (χ0n) is 10.2. The van der Waals surface area contributed by atoms with Crippen LogP contribution in [-0.2, 0) is 0 Å². The monoisotopic (exact) mass is 265 g/mol. The average Bonchev–Trinajstić information content (AvgIpc) is 2.32. The summed E-state index contributed by atoms with van der Waals surface area (Å²) in [4.78, 5) is 15.7. The lowest BCUT2D eigenvalue weighted by Crippen LogP contribution is -2.03. The van der Waals surface area contributed by atoms with E-state index in [1.807, 2.05) is 0 Å². The maximum Gasteiger partial charge on any atom is 0.336 e. The van der Waals surface area contributed by atoms with Gasteiger partial charge in [0, 0.05) is 22.2 Å². The zero-order chi connectivity index (χ0) is 13.4. The molecule has 0 atom stereocenters. The highest BCUT2D eigenvalue weighted by molar-refractivity contribution is 6.33. The number of carboxylic acid groups (broad SMARTS) is 1. The van der Waals surface area contributed by atoms with Crippen molar-refractivity contribution in [1.82, 2.24) is 4.98 Å². The second-order valence-electron chi connectivity index (χ2n) is 4.03. The number of benzene rings is 1. The van der Waals surface area contributed by atoms with Crippen molar-refractivity contribution in [1.29, 1.82) is 0 Å². The molecule has 1 N–H and O–H groups in total. The summed E-state index contributed by atoms with van der Waals surface area (Å²) in [5, 5.41) is 10.3. The van der Waals surface area contributed by atoms with Gasteiger partial charge >= 0.3 is 5.97 Å². The third-order valence-corrected chi connectivity index (χ3v) is 3.21. The van der Waals surface area contributed by atoms with Gasteiger partial charge in [-0.05, 0) is 25.5 Å². The van der Waals surface area contributed by atoms with Crippen LogP contribution in [0.25, 0.3) is 10.9 Å². The molecular formula is C13H12ClNO3. The highest BCUT2D eigenvalue weighted by atomic mass is 35.5. The number of aromatic carboxylic acids is 1. The number of hydrogen-bond donors (Lipinski definition) is 1. The second kappa shape index (κ2) is 4.46. The van der Waals surface area contributed by atoms with Crippen LogP contribution >= 0.6 is 11.6 Å². The van der Waals surface area contributed by atoms with Gasteiger partial charge in [-0.2, -0.15) is 0 Å². The number of methoxy groups -OCH3 is 1. The number of aromatic nitrogens is 1. The van der Waals surface area contributed by atoms with Gasteiger partial charge in [-0.15, -0.1) is 0 Å². The van der Waals surface area contributed by atoms with Crippen LogP contribution in [0.3, 0.4) is 0 Å². The van der Waals surface area contributed by atoms with Gasteiger partial charge in [0.25, 0.3) is 0 Å². The lowest BCUT2D eigenvalue weighted by molar-refractivity contribution is 0.0699. The molecule has 1 aromatic heterocycles. The van der Waals surface area contributed by atoms with Crippen LogP contribution in [0.5, 0.6) is 5.75 Å². The van der Waals surface area contributed by atoms with Gasteiger partial charge in [-0.3, -0.25) is 0 Å². The van der Waals surface area contributed by atoms with Gasteiger partial charge in [0.05, 0.1) is 12.7 Å². The Morgan fingerprint density at radius 2 is 2.06 bits per heavy atom. The van der Waals surface area contributed by atoms with E-state index in [0.29, 0.717) is 32.9 Å². The first-order chi connectivity index (χ1) is 8.45. The van der Waals surface area contributed by atoms with Crippen molar-refractivity contribution in [2.75, 3.05) is 7.11 Å². The van der Waals surface area contributed by atoms with E-state index in [9.17, 15) is 9.90 Å². The zero-order valence-corrected chi connectivity index (χ0v) is 11.0. The molecule has 0 aliphatic rings. The largest absolute Gasteiger partial charge is 0.494 e. The van der Waals surface area contributed by atoms with Crippen molar-refractivity contribution >= 4 is 28.5 Å². The van der Waals surface area contributed by atoms with Crippen LogP contribution in [0, 0.1) is 13.8 Å². The molecule has 0 saturated heterocycles. The van der Waals surface area contributed by atoms with Crippen molar-refractivity contribution in [3.8, 4) is 5.75 Å². The Hall–Kier alpha value is -1.81. The first-order valence-electron chi connectivity index (χ1n) is 5.33. The molecule has 0 bridgehead atoms. The lowest BCUT2D eigenvalue weighted by atomic mass is 10.0. The summed E-state index contributed by atoms with van der Waals surface area (Å²) in [6.07, 6.45) is 0. The van der Waals surface area contributed by atoms with Crippen LogP contribution in [0.4, 0.5) is 0 Å². The topological polar surface area (TPSA) is 59.4 Å². The summed E-state index contributed by atoms with van der Waals surface area (Å²) >= 11 is 6.09. The van der Waals surface area contributed by atoms with E-state index < -0.39 is 5.97 Å². The highest BCUT2D eigenvalue weighted by Gasteiger charge is 2.17. The fourth-order valence-electron chi connectivity index (χ4n) is 1.97. The Balaban J connectivity index is 3.03. The fourth-order valence-corrected chi connectivity index (χ4v) is 2.16. The SMILES string of the molecule is COc1cc(Cl)c(C)c2c(C(=O)O)cc(C)nc12. The van der Waals surface area contributed by atoms with Gasteiger partial charge in [0.1, 0.15) is 11.3 Å². The van der Waals surface area contributed by atoms with Crippen LogP contribution in [-0.4, -0.2) is 23.2 Å². The van der Waals surface area contributed by atoms with Gasteiger partial charge in [0.2, 0.25) is 0 Å². The number of pyridine rings is 1. The average molecular weight is 266 g/mol. The van der Waals surface area contributed by atoms with E-state index in [1.165, 1.54) is 13.2 Å². The molecule has 2 aromatic rings. The van der Waals surface area contributed by atoms with Crippen molar-refractivity contribution in [3.05, 3.63) is 34.0 Å². The number of halogens is 1. The lowest BCUT2D eigenvalue weighted by Gasteiger charge is -2.12. The third-order valence-electron chi connectivity index (χ3n) is 2.82. The maximum atomic E-state index is 11.3. The molecule has 2 rings (SSSR count). The van der Waals surface area contributed by atoms with Gasteiger partial charge in [-0.1, -0.05) is 11.6 Å². The van der Waals surface area contributed by atoms with Gasteiger partial charge < -0.3 is 9.84 Å². The first-order valence-corrected chi connectivity index (χ1v) is 5.71. The predicted molar refractivity (Wildman–Crippen MR) is 69.7 cm³/mol. The Labute approximate surface area is 109 Å². The maximum absolute atomic E-state index is 11.3. The quantitative estimate of drug-likeness (QED) is 0.906. The Kier molecular flexibility index (Phi) is 3.13. The molecule has 4 nitrogen and oxygen atoms in total. The normalized spacial score (nSPS) is 10.7. The number of carboxylic acids is 1. The summed E-state index contributed by atoms with van der Waals surface area (Å²) in [6.45, 7) is 3.52. The molecule has 0 aliphatic carbocycles. The van der Waals surface area contributed by atoms with E-state index in [-0.39, 0.29) is 5.56 Å². The third kappa shape index (κ3) is 1.88. The fraction of sp³-hybridized carbons (Fsp3) is 0.231. The molecule has 1 heterocycles. The van der Waals surface area contributed by atoms with Gasteiger partial charge in [0.15, 0.2) is 0 Å². The van der Waals surface area contributed by atoms with E-state index in [1.54, 1.807) is 19.9 Å². The Bertz CT molecular complexity index is 652. The van der Waals surface area contributed by atoms with Gasteiger partial charge in [-0.25, -0.2) is 9.78 Å². The minimum absolute atomic E-state index is 0.191. The molecule has 0 spiro atoms. The number of ether oxygens (including phenoxy) is 1. The molecule has 1 aromatic carbocycles. The van der Waals surface area contributed by atoms with Crippen molar-refractivity contribution < 1.29 is 14.6 Å². The van der Waals surface area contributed by atoms with Crippen molar-refractivity contribution in [3.63, 3.8) is 0 Å². The van der Waals surface area contributed by atoms with E-state index in [0.717, 1.165) is 0 Å². The number of rotatable bonds is 2. The molecule has 0 unspecified atom stereocenters. The minimum Gasteiger partial charge on any atom is -0.494 e. The van der Waals surface area contributed by atoms with Crippen LogP contribution in [0.15, 0.2) is 12.1 Å². The minimum atomic E-state index is -1.00. The number of hydrogen-bond acceptors (Lipinski definition) is 3. The predicted octanol–water partition coefficient (Wildman–Crippen LogP) is 3.21. The van der Waals surface area contributed by atoms with E-state index in [2.05, 4.69) is 4.98 Å². The van der Waals surface area contributed by atoms with Crippen molar-refractivity contribution in [2.45, 2.75) is 13.8 Å². The number of nitrogens with zero attached hydrogens (tertiary/aromatic N) is 1. The number of aryl methyl sites for hydroxylation is 2. The number of carbonyl (C=O) groups is 1. The molecule has 0 saturated carbocycles. The summed E-state index contributed by atoms with van der Waals surface area (Å²) in [6, 6.07) is 3.19. The molecule has 94 valence electrons. The molecule has 0 amide bonds. The summed E-state index contributed by atoms with van der Waals surface area (Å²) in [5.74, 6) is -0.523. The summed E-state index contributed by atoms with van der Waals surface area (Å²) < 4.78 is 5.21. The Morgan fingerprint density at radius 1 is 1.39 bits per heavy atom. The molecule has 0 aliphatic heterocycles.